The first-order valence-corrected chi connectivity index (χ1v) is 10.6. The summed E-state index contributed by atoms with van der Waals surface area (Å²) in [6.45, 7) is 0. The molecule has 3 aromatic rings. The van der Waals surface area contributed by atoms with Gasteiger partial charge in [-0.1, -0.05) is 66.2 Å². The second-order valence-electron chi connectivity index (χ2n) is 7.42. The van der Waals surface area contributed by atoms with E-state index in [1.54, 1.807) is 0 Å². The molecule has 5 heteroatoms. The maximum absolute atomic E-state index is 6.15. The predicted molar refractivity (Wildman–Crippen MR) is 123 cm³/mol. The second kappa shape index (κ2) is 7.62. The van der Waals surface area contributed by atoms with E-state index in [1.807, 2.05) is 47.5 Å². The van der Waals surface area contributed by atoms with Gasteiger partial charge < -0.3 is 5.32 Å². The van der Waals surface area contributed by atoms with Gasteiger partial charge in [0.2, 0.25) is 0 Å². The highest BCUT2D eigenvalue weighted by Crippen LogP contribution is 2.43. The van der Waals surface area contributed by atoms with E-state index in [1.165, 1.54) is 16.7 Å². The first kappa shape index (κ1) is 18.3. The van der Waals surface area contributed by atoms with Gasteiger partial charge in [0.05, 0.1) is 11.8 Å². The lowest BCUT2D eigenvalue weighted by Gasteiger charge is -2.31. The Morgan fingerprint density at radius 1 is 0.966 bits per heavy atom. The largest absolute Gasteiger partial charge is 0.331 e. The van der Waals surface area contributed by atoms with E-state index in [-0.39, 0.29) is 6.04 Å². The number of para-hydroxylation sites is 1. The van der Waals surface area contributed by atoms with Gasteiger partial charge >= 0.3 is 0 Å². The van der Waals surface area contributed by atoms with Crippen molar-refractivity contribution in [3.63, 3.8) is 0 Å². The molecule has 1 N–H and O–H groups in total. The van der Waals surface area contributed by atoms with Crippen molar-refractivity contribution in [3.8, 4) is 0 Å². The maximum atomic E-state index is 6.15. The van der Waals surface area contributed by atoms with E-state index in [9.17, 15) is 0 Å². The van der Waals surface area contributed by atoms with Crippen LogP contribution in [-0.4, -0.2) is 15.8 Å². The van der Waals surface area contributed by atoms with Crippen molar-refractivity contribution in [2.45, 2.75) is 18.9 Å². The summed E-state index contributed by atoms with van der Waals surface area (Å²) >= 11 is 11.9. The van der Waals surface area contributed by atoms with Crippen LogP contribution in [0.1, 0.15) is 29.2 Å². The minimum atomic E-state index is 0.0549. The molecule has 1 aliphatic carbocycles. The summed E-state index contributed by atoms with van der Waals surface area (Å²) in [5, 5.41) is 11.7. The smallest absolute Gasteiger partial charge is 0.194 e. The maximum Gasteiger partial charge on any atom is 0.194 e. The van der Waals surface area contributed by atoms with Crippen LogP contribution in [0.4, 0.5) is 5.69 Å². The van der Waals surface area contributed by atoms with E-state index < -0.39 is 0 Å². The van der Waals surface area contributed by atoms with Gasteiger partial charge in [-0.05, 0) is 60.5 Å². The SMILES string of the molecule is S=C(Nc1ccccc1)N1N=C2c3ccccc3CC[C@H]2[C@@H]1c1ccc(Cl)cc1. The Morgan fingerprint density at radius 2 is 1.69 bits per heavy atom. The number of hydrogen-bond acceptors (Lipinski definition) is 2. The monoisotopic (exact) mass is 417 g/mol. The molecule has 29 heavy (non-hydrogen) atoms. The van der Waals surface area contributed by atoms with Crippen molar-refractivity contribution in [3.05, 3.63) is 101 Å². The van der Waals surface area contributed by atoms with Crippen molar-refractivity contribution < 1.29 is 0 Å². The zero-order valence-corrected chi connectivity index (χ0v) is 17.3. The van der Waals surface area contributed by atoms with Crippen LogP contribution in [0.3, 0.4) is 0 Å². The first-order chi connectivity index (χ1) is 14.2. The quantitative estimate of drug-likeness (QED) is 0.513. The molecule has 3 nitrogen and oxygen atoms in total. The molecule has 1 aliphatic heterocycles. The third-order valence-electron chi connectivity index (χ3n) is 5.67. The summed E-state index contributed by atoms with van der Waals surface area (Å²) in [7, 11) is 0. The number of anilines is 1. The van der Waals surface area contributed by atoms with Crippen molar-refractivity contribution in [1.82, 2.24) is 5.01 Å². The number of nitrogens with one attached hydrogen (secondary N) is 1. The Morgan fingerprint density at radius 3 is 2.48 bits per heavy atom. The van der Waals surface area contributed by atoms with Crippen molar-refractivity contribution in [2.24, 2.45) is 11.0 Å². The molecule has 2 aliphatic rings. The number of hydrazone groups is 1. The molecule has 1 heterocycles. The van der Waals surface area contributed by atoms with E-state index in [0.717, 1.165) is 29.3 Å². The number of aryl methyl sites for hydroxylation is 1. The molecule has 144 valence electrons. The Bertz CT molecular complexity index is 1080. The Balaban J connectivity index is 1.55. The summed E-state index contributed by atoms with van der Waals surface area (Å²) in [5.41, 5.74) is 5.87. The second-order valence-corrected chi connectivity index (χ2v) is 8.25. The highest BCUT2D eigenvalue weighted by atomic mass is 35.5. The van der Waals surface area contributed by atoms with Crippen molar-refractivity contribution >= 4 is 40.3 Å². The number of benzene rings is 3. The molecule has 0 saturated carbocycles. The Labute approximate surface area is 181 Å². The number of hydrogen-bond donors (Lipinski definition) is 1. The summed E-state index contributed by atoms with van der Waals surface area (Å²) in [5.74, 6) is 0.293. The molecule has 0 spiro atoms. The molecule has 2 atom stereocenters. The third-order valence-corrected chi connectivity index (χ3v) is 6.22. The minimum Gasteiger partial charge on any atom is -0.331 e. The minimum absolute atomic E-state index is 0.0549. The van der Waals surface area contributed by atoms with Gasteiger partial charge in [0, 0.05) is 22.2 Å². The number of rotatable bonds is 2. The van der Waals surface area contributed by atoms with Crippen molar-refractivity contribution in [1.29, 1.82) is 0 Å². The first-order valence-electron chi connectivity index (χ1n) is 9.78. The van der Waals surface area contributed by atoms with Crippen LogP contribution in [0.25, 0.3) is 0 Å². The van der Waals surface area contributed by atoms with E-state index in [2.05, 4.69) is 41.7 Å². The van der Waals surface area contributed by atoms with Crippen molar-refractivity contribution in [2.75, 3.05) is 5.32 Å². The normalized spacial score (nSPS) is 19.9. The highest BCUT2D eigenvalue weighted by molar-refractivity contribution is 7.80. The molecular formula is C24H20ClN3S. The molecule has 3 aromatic carbocycles. The standard InChI is InChI=1S/C24H20ClN3S/c25-18-13-10-17(11-14-18)23-21-15-12-16-6-4-5-9-20(16)22(21)27-28(23)24(29)26-19-7-2-1-3-8-19/h1-11,13-14,21,23H,12,15H2,(H,26,29)/t21-,23+/m1/s1. The highest BCUT2D eigenvalue weighted by Gasteiger charge is 2.42. The molecule has 0 amide bonds. The summed E-state index contributed by atoms with van der Waals surface area (Å²) in [4.78, 5) is 0. The molecule has 0 radical (unpaired) electrons. The average molecular weight is 418 g/mol. The summed E-state index contributed by atoms with van der Waals surface area (Å²) in [6.07, 6.45) is 2.10. The van der Waals surface area contributed by atoms with Gasteiger partial charge in [0.1, 0.15) is 0 Å². The van der Waals surface area contributed by atoms with Gasteiger partial charge in [-0.15, -0.1) is 0 Å². The fourth-order valence-corrected chi connectivity index (χ4v) is 4.73. The van der Waals surface area contributed by atoms with Crippen LogP contribution in [0.2, 0.25) is 5.02 Å². The third kappa shape index (κ3) is 3.43. The van der Waals surface area contributed by atoms with Gasteiger partial charge in [0.25, 0.3) is 0 Å². The van der Waals surface area contributed by atoms with Crippen LogP contribution < -0.4 is 5.32 Å². The lowest BCUT2D eigenvalue weighted by atomic mass is 9.77. The van der Waals surface area contributed by atoms with Crippen LogP contribution in [0, 0.1) is 5.92 Å². The molecular weight excluding hydrogens is 398 g/mol. The lowest BCUT2D eigenvalue weighted by Crippen LogP contribution is -2.34. The molecule has 0 unspecified atom stereocenters. The summed E-state index contributed by atoms with van der Waals surface area (Å²) in [6, 6.07) is 26.7. The van der Waals surface area contributed by atoms with Crippen LogP contribution in [0.5, 0.6) is 0 Å². The predicted octanol–water partition coefficient (Wildman–Crippen LogP) is 6.06. The number of halogens is 1. The average Bonchev–Trinajstić information content (AvgIpc) is 3.15. The van der Waals surface area contributed by atoms with Crippen LogP contribution in [-0.2, 0) is 6.42 Å². The molecule has 0 fully saturated rings. The number of fused-ring (bicyclic) bond motifs is 3. The zero-order valence-electron chi connectivity index (χ0n) is 15.8. The fourth-order valence-electron chi connectivity index (χ4n) is 4.33. The zero-order chi connectivity index (χ0) is 19.8. The Hall–Kier alpha value is -2.69. The van der Waals surface area contributed by atoms with E-state index in [4.69, 9.17) is 28.9 Å². The van der Waals surface area contributed by atoms with E-state index >= 15 is 0 Å². The van der Waals surface area contributed by atoms with E-state index in [0.29, 0.717) is 11.0 Å². The van der Waals surface area contributed by atoms with Crippen LogP contribution >= 0.6 is 23.8 Å². The molecule has 0 saturated heterocycles. The lowest BCUT2D eigenvalue weighted by molar-refractivity contribution is 0.311. The van der Waals surface area contributed by atoms with Gasteiger partial charge in [-0.2, -0.15) is 5.10 Å². The molecule has 5 rings (SSSR count). The number of thiocarbonyl (C=S) groups is 1. The number of nitrogens with zero attached hydrogens (tertiary/aromatic N) is 2. The summed E-state index contributed by atoms with van der Waals surface area (Å²) < 4.78 is 0. The van der Waals surface area contributed by atoms with Gasteiger partial charge in [0.15, 0.2) is 5.11 Å². The van der Waals surface area contributed by atoms with Gasteiger partial charge in [-0.25, -0.2) is 5.01 Å². The van der Waals surface area contributed by atoms with Crippen LogP contribution in [0.15, 0.2) is 84.0 Å². The topological polar surface area (TPSA) is 27.6 Å². The molecule has 0 bridgehead atoms. The fraction of sp³-hybridized carbons (Fsp3) is 0.167. The molecule has 0 aromatic heterocycles. The Kier molecular flexibility index (Phi) is 4.82. The van der Waals surface area contributed by atoms with Gasteiger partial charge in [-0.3, -0.25) is 0 Å².